The van der Waals surface area contributed by atoms with Crippen molar-refractivity contribution >= 4 is 29.8 Å². The summed E-state index contributed by atoms with van der Waals surface area (Å²) in [7, 11) is 0. The first-order chi connectivity index (χ1) is 14.9. The molecule has 32 heavy (non-hydrogen) atoms. The molecule has 5 atom stereocenters. The lowest BCUT2D eigenvalue weighted by molar-refractivity contribution is -0.294. The summed E-state index contributed by atoms with van der Waals surface area (Å²) < 4.78 is 25.9. The van der Waals surface area contributed by atoms with Crippen molar-refractivity contribution in [2.24, 2.45) is 0 Å². The van der Waals surface area contributed by atoms with Crippen LogP contribution in [-0.4, -0.2) is 75.5 Å². The molecule has 5 unspecified atom stereocenters. The number of rotatable bonds is 6. The van der Waals surface area contributed by atoms with Crippen molar-refractivity contribution in [3.8, 4) is 11.8 Å². The number of carbonyl (C=O) groups is 5. The third-order valence-electron chi connectivity index (χ3n) is 3.89. The molecule has 1 aliphatic rings. The van der Waals surface area contributed by atoms with Gasteiger partial charge in [0.25, 0.3) is 0 Å². The van der Waals surface area contributed by atoms with Gasteiger partial charge in [-0.1, -0.05) is 0 Å². The van der Waals surface area contributed by atoms with Gasteiger partial charge in [-0.2, -0.15) is 0 Å². The Morgan fingerprint density at radius 2 is 1.19 bits per heavy atom. The van der Waals surface area contributed by atoms with E-state index in [-0.39, 0.29) is 0 Å². The lowest BCUT2D eigenvalue weighted by Crippen LogP contribution is -2.64. The lowest BCUT2D eigenvalue weighted by Gasteiger charge is -2.42. The van der Waals surface area contributed by atoms with Crippen molar-refractivity contribution in [3.05, 3.63) is 12.1 Å². The van der Waals surface area contributed by atoms with E-state index in [2.05, 4.69) is 0 Å². The minimum absolute atomic E-state index is 0.330. The Morgan fingerprint density at radius 1 is 0.750 bits per heavy atom. The molecule has 2 heterocycles. The van der Waals surface area contributed by atoms with Crippen molar-refractivity contribution < 1.29 is 62.7 Å². The smallest absolute Gasteiger partial charge is 0.365 e. The van der Waals surface area contributed by atoms with Crippen LogP contribution >= 0.6 is 0 Å². The number of hydrogen-bond donors (Lipinski definition) is 2. The molecule has 14 nitrogen and oxygen atoms in total. The summed E-state index contributed by atoms with van der Waals surface area (Å²) in [5, 5.41) is 19.4. The van der Waals surface area contributed by atoms with Crippen molar-refractivity contribution in [1.82, 2.24) is 4.73 Å². The van der Waals surface area contributed by atoms with Crippen LogP contribution in [0.3, 0.4) is 0 Å². The largest absolute Gasteiger partial charge is 0.492 e. The Balaban J connectivity index is 2.49. The highest BCUT2D eigenvalue weighted by molar-refractivity contribution is 5.78. The Hall–Kier alpha value is -3.81. The van der Waals surface area contributed by atoms with E-state index in [1.807, 2.05) is 0 Å². The van der Waals surface area contributed by atoms with E-state index in [9.17, 15) is 34.2 Å². The molecule has 1 fully saturated rings. The maximum atomic E-state index is 12.8. The van der Waals surface area contributed by atoms with Crippen molar-refractivity contribution in [3.63, 3.8) is 0 Å². The molecule has 1 aliphatic heterocycles. The highest BCUT2D eigenvalue weighted by Gasteiger charge is 2.56. The van der Waals surface area contributed by atoms with E-state index >= 15 is 0 Å². The number of hydrogen-bond acceptors (Lipinski definition) is 13. The zero-order valence-electron chi connectivity index (χ0n) is 17.4. The van der Waals surface area contributed by atoms with Crippen molar-refractivity contribution in [1.29, 1.82) is 0 Å². The van der Waals surface area contributed by atoms with Gasteiger partial charge >= 0.3 is 29.8 Å². The zero-order valence-corrected chi connectivity index (χ0v) is 17.4. The topological polar surface area (TPSA) is 186 Å². The van der Waals surface area contributed by atoms with E-state index in [1.165, 1.54) is 0 Å². The highest BCUT2D eigenvalue weighted by atomic mass is 16.8. The predicted molar refractivity (Wildman–Crippen MR) is 96.4 cm³/mol. The van der Waals surface area contributed by atoms with E-state index in [0.717, 1.165) is 39.8 Å². The molecule has 0 bridgehead atoms. The fraction of sp³-hybridized carbons (Fsp3) is 0.500. The molecule has 14 heteroatoms. The van der Waals surface area contributed by atoms with Crippen LogP contribution in [0.25, 0.3) is 0 Å². The monoisotopic (exact) mass is 459 g/mol. The van der Waals surface area contributed by atoms with E-state index in [4.69, 9.17) is 28.5 Å². The predicted octanol–water partition coefficient (Wildman–Crippen LogP) is -1.06. The van der Waals surface area contributed by atoms with Gasteiger partial charge in [-0.15, -0.1) is 4.73 Å². The standard InChI is InChI=1S/C18H21NO13/c1-7(20)27-13-14(28-8(2)21)16(29-9(3)22)18(30-10(4)23)31-15(13)17(26)32-19-11(24)5-6-12(19)25/h5-6,13-16,18,24-25H,1-4H3. The Bertz CT molecular complexity index is 887. The summed E-state index contributed by atoms with van der Waals surface area (Å²) in [5.41, 5.74) is 0. The van der Waals surface area contributed by atoms with Crippen LogP contribution in [0, 0.1) is 0 Å². The van der Waals surface area contributed by atoms with Crippen LogP contribution in [-0.2, 0) is 47.7 Å². The maximum absolute atomic E-state index is 12.8. The summed E-state index contributed by atoms with van der Waals surface area (Å²) in [6, 6.07) is 2.02. The Morgan fingerprint density at radius 3 is 1.66 bits per heavy atom. The Labute approximate surface area is 180 Å². The third kappa shape index (κ3) is 5.87. The van der Waals surface area contributed by atoms with E-state index in [1.54, 1.807) is 0 Å². The minimum atomic E-state index is -1.92. The second-order valence-electron chi connectivity index (χ2n) is 6.51. The molecule has 1 aromatic rings. The SMILES string of the molecule is CC(=O)OC1OC(C(=O)On2c(O)ccc2O)C(OC(C)=O)C(OC(C)=O)C1OC(C)=O. The number of carbonyl (C=O) groups excluding carboxylic acids is 5. The van der Waals surface area contributed by atoms with Crippen LogP contribution in [0.5, 0.6) is 11.8 Å². The molecule has 0 saturated carbocycles. The maximum Gasteiger partial charge on any atom is 0.365 e. The number of aromatic hydroxyl groups is 2. The van der Waals surface area contributed by atoms with Gasteiger partial charge in [0.1, 0.15) is 0 Å². The minimum Gasteiger partial charge on any atom is -0.492 e. The van der Waals surface area contributed by atoms with Gasteiger partial charge in [0.2, 0.25) is 30.3 Å². The molecule has 176 valence electrons. The molecule has 0 aliphatic carbocycles. The van der Waals surface area contributed by atoms with Gasteiger partial charge in [0.05, 0.1) is 0 Å². The van der Waals surface area contributed by atoms with Crippen LogP contribution < -0.4 is 4.84 Å². The molecular formula is C18H21NO13. The molecule has 0 spiro atoms. The number of nitrogens with zero attached hydrogens (tertiary/aromatic N) is 1. The van der Waals surface area contributed by atoms with Gasteiger partial charge < -0.3 is 38.7 Å². The first-order valence-corrected chi connectivity index (χ1v) is 9.07. The number of aromatic nitrogens is 1. The van der Waals surface area contributed by atoms with Crippen LogP contribution in [0.1, 0.15) is 27.7 Å². The summed E-state index contributed by atoms with van der Waals surface area (Å²) >= 11 is 0. The molecule has 2 N–H and O–H groups in total. The molecular weight excluding hydrogens is 438 g/mol. The van der Waals surface area contributed by atoms with E-state index < -0.39 is 72.3 Å². The molecule has 1 aromatic heterocycles. The molecule has 0 radical (unpaired) electrons. The van der Waals surface area contributed by atoms with Gasteiger partial charge in [-0.3, -0.25) is 19.2 Å². The highest BCUT2D eigenvalue weighted by Crippen LogP contribution is 2.30. The molecule has 0 amide bonds. The Kier molecular flexibility index (Phi) is 7.64. The number of ether oxygens (including phenoxy) is 5. The summed E-state index contributed by atoms with van der Waals surface area (Å²) in [6.07, 6.45) is -8.72. The van der Waals surface area contributed by atoms with Crippen LogP contribution in [0.4, 0.5) is 0 Å². The van der Waals surface area contributed by atoms with E-state index in [0.29, 0.717) is 4.73 Å². The van der Waals surface area contributed by atoms with Gasteiger partial charge in [-0.25, -0.2) is 4.79 Å². The first-order valence-electron chi connectivity index (χ1n) is 9.07. The van der Waals surface area contributed by atoms with Gasteiger partial charge in [0, 0.05) is 39.8 Å². The summed E-state index contributed by atoms with van der Waals surface area (Å²) in [4.78, 5) is 64.1. The zero-order chi connectivity index (χ0) is 24.2. The summed E-state index contributed by atoms with van der Waals surface area (Å²) in [5.74, 6) is -6.34. The van der Waals surface area contributed by atoms with Gasteiger partial charge in [-0.05, 0) is 0 Å². The molecule has 1 saturated heterocycles. The van der Waals surface area contributed by atoms with Crippen LogP contribution in [0.2, 0.25) is 0 Å². The normalized spacial score (nSPS) is 24.7. The first kappa shape index (κ1) is 24.5. The average Bonchev–Trinajstić information content (AvgIpc) is 2.96. The molecule has 2 rings (SSSR count). The van der Waals surface area contributed by atoms with Crippen LogP contribution in [0.15, 0.2) is 12.1 Å². The lowest BCUT2D eigenvalue weighted by atomic mass is 9.97. The van der Waals surface area contributed by atoms with Gasteiger partial charge in [0.15, 0.2) is 12.2 Å². The average molecular weight is 459 g/mol. The fourth-order valence-electron chi connectivity index (χ4n) is 2.86. The fourth-order valence-corrected chi connectivity index (χ4v) is 2.86. The second-order valence-corrected chi connectivity index (χ2v) is 6.51. The number of esters is 4. The molecule has 0 aromatic carbocycles. The van der Waals surface area contributed by atoms with Crippen molar-refractivity contribution in [2.45, 2.75) is 58.4 Å². The summed E-state index contributed by atoms with van der Waals surface area (Å²) in [6.45, 7) is 3.98. The third-order valence-corrected chi connectivity index (χ3v) is 3.89. The van der Waals surface area contributed by atoms with Crippen molar-refractivity contribution in [2.75, 3.05) is 0 Å². The quantitative estimate of drug-likeness (QED) is 0.387. The second kappa shape index (κ2) is 10.00.